The fraction of sp³-hybridized carbons (Fsp3) is 0.154. The Balaban J connectivity index is 1.95. The summed E-state index contributed by atoms with van der Waals surface area (Å²) in [5.74, 6) is 0. The Morgan fingerprint density at radius 2 is 1.72 bits per heavy atom. The fourth-order valence-corrected chi connectivity index (χ4v) is 2.53. The highest BCUT2D eigenvalue weighted by Gasteiger charge is 2.13. The SMILES string of the molecule is O=S(=O)(NCCc1ccccc1)c1ccccn1. The second-order valence-corrected chi connectivity index (χ2v) is 5.52. The van der Waals surface area contributed by atoms with E-state index in [1.807, 2.05) is 30.3 Å². The Bertz CT molecular complexity index is 583. The van der Waals surface area contributed by atoms with E-state index in [1.165, 1.54) is 12.3 Å². The summed E-state index contributed by atoms with van der Waals surface area (Å²) in [6.45, 7) is 0.364. The summed E-state index contributed by atoms with van der Waals surface area (Å²) in [6.07, 6.45) is 2.12. The fourth-order valence-electron chi connectivity index (χ4n) is 1.55. The average molecular weight is 262 g/mol. The standard InChI is InChI=1S/C13H14N2O2S/c16-18(17,13-8-4-5-10-14-13)15-11-9-12-6-2-1-3-7-12/h1-8,10,15H,9,11H2. The lowest BCUT2D eigenvalue weighted by atomic mass is 10.2. The average Bonchev–Trinajstić information content (AvgIpc) is 2.41. The zero-order valence-electron chi connectivity index (χ0n) is 9.78. The minimum atomic E-state index is -3.49. The predicted molar refractivity (Wildman–Crippen MR) is 69.6 cm³/mol. The van der Waals surface area contributed by atoms with Crippen LogP contribution in [0.1, 0.15) is 5.56 Å². The molecule has 2 aromatic rings. The predicted octanol–water partition coefficient (Wildman–Crippen LogP) is 1.60. The summed E-state index contributed by atoms with van der Waals surface area (Å²) < 4.78 is 26.2. The van der Waals surface area contributed by atoms with Gasteiger partial charge in [0.15, 0.2) is 5.03 Å². The molecule has 0 bridgehead atoms. The van der Waals surface area contributed by atoms with Crippen LogP contribution in [-0.2, 0) is 16.4 Å². The minimum absolute atomic E-state index is 0.0538. The van der Waals surface area contributed by atoms with Crippen molar-refractivity contribution < 1.29 is 8.42 Å². The minimum Gasteiger partial charge on any atom is -0.243 e. The van der Waals surface area contributed by atoms with Gasteiger partial charge < -0.3 is 0 Å². The van der Waals surface area contributed by atoms with Gasteiger partial charge in [-0.2, -0.15) is 0 Å². The molecule has 0 aliphatic rings. The van der Waals surface area contributed by atoms with E-state index in [0.29, 0.717) is 13.0 Å². The van der Waals surface area contributed by atoms with Gasteiger partial charge in [0.2, 0.25) is 0 Å². The first-order valence-electron chi connectivity index (χ1n) is 5.63. The number of nitrogens with zero attached hydrogens (tertiary/aromatic N) is 1. The van der Waals surface area contributed by atoms with Crippen LogP contribution in [0.25, 0.3) is 0 Å². The van der Waals surface area contributed by atoms with Crippen LogP contribution in [0.2, 0.25) is 0 Å². The van der Waals surface area contributed by atoms with Gasteiger partial charge in [0.25, 0.3) is 10.0 Å². The Labute approximate surface area is 107 Å². The van der Waals surface area contributed by atoms with Crippen molar-refractivity contribution in [3.05, 3.63) is 60.3 Å². The Hall–Kier alpha value is -1.72. The highest BCUT2D eigenvalue weighted by Crippen LogP contribution is 2.04. The van der Waals surface area contributed by atoms with Crippen LogP contribution >= 0.6 is 0 Å². The second kappa shape index (κ2) is 5.75. The maximum absolute atomic E-state index is 11.8. The molecule has 0 fully saturated rings. The van der Waals surface area contributed by atoms with Gasteiger partial charge in [-0.25, -0.2) is 18.1 Å². The largest absolute Gasteiger partial charge is 0.258 e. The van der Waals surface area contributed by atoms with Crippen LogP contribution < -0.4 is 4.72 Å². The van der Waals surface area contributed by atoms with E-state index in [4.69, 9.17) is 0 Å². The molecule has 0 aliphatic carbocycles. The number of hydrogen-bond acceptors (Lipinski definition) is 3. The highest BCUT2D eigenvalue weighted by molar-refractivity contribution is 7.89. The topological polar surface area (TPSA) is 59.1 Å². The molecule has 0 spiro atoms. The molecule has 2 rings (SSSR count). The van der Waals surface area contributed by atoms with Crippen LogP contribution in [0.3, 0.4) is 0 Å². The first-order valence-corrected chi connectivity index (χ1v) is 7.11. The molecule has 1 aromatic heterocycles. The van der Waals surface area contributed by atoms with Gasteiger partial charge in [0.1, 0.15) is 0 Å². The molecule has 94 valence electrons. The van der Waals surface area contributed by atoms with Crippen LogP contribution in [-0.4, -0.2) is 19.9 Å². The third-order valence-electron chi connectivity index (χ3n) is 2.46. The third kappa shape index (κ3) is 3.38. The molecule has 0 amide bonds. The van der Waals surface area contributed by atoms with Crippen molar-refractivity contribution in [3.63, 3.8) is 0 Å². The maximum Gasteiger partial charge on any atom is 0.258 e. The van der Waals surface area contributed by atoms with Crippen molar-refractivity contribution in [2.45, 2.75) is 11.4 Å². The number of nitrogens with one attached hydrogen (secondary N) is 1. The lowest BCUT2D eigenvalue weighted by Crippen LogP contribution is -2.26. The number of benzene rings is 1. The maximum atomic E-state index is 11.8. The van der Waals surface area contributed by atoms with E-state index >= 15 is 0 Å². The van der Waals surface area contributed by atoms with Crippen LogP contribution in [0, 0.1) is 0 Å². The molecule has 0 atom stereocenters. The van der Waals surface area contributed by atoms with Crippen molar-refractivity contribution in [3.8, 4) is 0 Å². The molecule has 5 heteroatoms. The summed E-state index contributed by atoms with van der Waals surface area (Å²) >= 11 is 0. The Kier molecular flexibility index (Phi) is 4.07. The van der Waals surface area contributed by atoms with E-state index in [2.05, 4.69) is 9.71 Å². The molecule has 4 nitrogen and oxygen atoms in total. The molecule has 0 saturated carbocycles. The van der Waals surface area contributed by atoms with E-state index in [9.17, 15) is 8.42 Å². The second-order valence-electron chi connectivity index (χ2n) is 3.80. The first kappa shape index (κ1) is 12.7. The van der Waals surface area contributed by atoms with Gasteiger partial charge >= 0.3 is 0 Å². The lowest BCUT2D eigenvalue weighted by molar-refractivity contribution is 0.578. The molecule has 18 heavy (non-hydrogen) atoms. The zero-order chi connectivity index (χ0) is 12.8. The number of sulfonamides is 1. The number of pyridine rings is 1. The van der Waals surface area contributed by atoms with Gasteiger partial charge in [0.05, 0.1) is 0 Å². The van der Waals surface area contributed by atoms with E-state index in [1.54, 1.807) is 12.1 Å². The Morgan fingerprint density at radius 3 is 2.39 bits per heavy atom. The Morgan fingerprint density at radius 1 is 1.00 bits per heavy atom. The molecule has 0 radical (unpaired) electrons. The zero-order valence-corrected chi connectivity index (χ0v) is 10.6. The molecule has 0 unspecified atom stereocenters. The van der Waals surface area contributed by atoms with Crippen molar-refractivity contribution in [2.75, 3.05) is 6.54 Å². The number of rotatable bonds is 5. The molecule has 1 N–H and O–H groups in total. The van der Waals surface area contributed by atoms with Crippen LogP contribution in [0.4, 0.5) is 0 Å². The monoisotopic (exact) mass is 262 g/mol. The van der Waals surface area contributed by atoms with Crippen LogP contribution in [0.15, 0.2) is 59.8 Å². The quantitative estimate of drug-likeness (QED) is 0.890. The lowest BCUT2D eigenvalue weighted by Gasteiger charge is -2.05. The molecule has 0 saturated heterocycles. The van der Waals surface area contributed by atoms with Gasteiger partial charge in [0, 0.05) is 12.7 Å². The smallest absolute Gasteiger partial charge is 0.243 e. The summed E-state index contributed by atoms with van der Waals surface area (Å²) in [6, 6.07) is 14.5. The van der Waals surface area contributed by atoms with Crippen LogP contribution in [0.5, 0.6) is 0 Å². The van der Waals surface area contributed by atoms with Crippen molar-refractivity contribution in [1.82, 2.24) is 9.71 Å². The van der Waals surface area contributed by atoms with Gasteiger partial charge in [-0.05, 0) is 24.1 Å². The number of hydrogen-bond donors (Lipinski definition) is 1. The highest BCUT2D eigenvalue weighted by atomic mass is 32.2. The first-order chi connectivity index (χ1) is 8.68. The number of aromatic nitrogens is 1. The van der Waals surface area contributed by atoms with E-state index in [-0.39, 0.29) is 5.03 Å². The van der Waals surface area contributed by atoms with Gasteiger partial charge in [-0.1, -0.05) is 36.4 Å². The van der Waals surface area contributed by atoms with Gasteiger partial charge in [-0.15, -0.1) is 0 Å². The third-order valence-corrected chi connectivity index (χ3v) is 3.84. The molecular weight excluding hydrogens is 248 g/mol. The van der Waals surface area contributed by atoms with Gasteiger partial charge in [-0.3, -0.25) is 0 Å². The summed E-state index contributed by atoms with van der Waals surface area (Å²) in [5, 5.41) is 0.0538. The van der Waals surface area contributed by atoms with E-state index < -0.39 is 10.0 Å². The molecule has 1 aromatic carbocycles. The molecular formula is C13H14N2O2S. The summed E-state index contributed by atoms with van der Waals surface area (Å²) in [7, 11) is -3.49. The molecule has 1 heterocycles. The molecule has 0 aliphatic heterocycles. The summed E-state index contributed by atoms with van der Waals surface area (Å²) in [4.78, 5) is 3.83. The van der Waals surface area contributed by atoms with Crippen molar-refractivity contribution in [2.24, 2.45) is 0 Å². The van der Waals surface area contributed by atoms with Crippen molar-refractivity contribution in [1.29, 1.82) is 0 Å². The summed E-state index contributed by atoms with van der Waals surface area (Å²) in [5.41, 5.74) is 1.10. The van der Waals surface area contributed by atoms with Crippen molar-refractivity contribution >= 4 is 10.0 Å². The normalized spacial score (nSPS) is 11.3. The van der Waals surface area contributed by atoms with E-state index in [0.717, 1.165) is 5.56 Å².